The average Bonchev–Trinajstić information content (AvgIpc) is 3.62. The number of hydrogen-bond donors (Lipinski definition) is 1. The fraction of sp³-hybridized carbons (Fsp3) is 0.390. The fourth-order valence-corrected chi connectivity index (χ4v) is 8.70. The number of ether oxygens (including phenoxy) is 1. The van der Waals surface area contributed by atoms with Gasteiger partial charge >= 0.3 is 6.09 Å². The smallest absolute Gasteiger partial charge is 0.410 e. The number of carbonyl (C=O) groups is 3. The highest BCUT2D eigenvalue weighted by molar-refractivity contribution is 6.30. The van der Waals surface area contributed by atoms with Crippen molar-refractivity contribution < 1.29 is 45.6 Å². The van der Waals surface area contributed by atoms with Crippen molar-refractivity contribution >= 4 is 52.5 Å². The lowest BCUT2D eigenvalue weighted by Gasteiger charge is -2.40. The third-order valence-corrected chi connectivity index (χ3v) is 11.4. The number of nitrogens with zero attached hydrogens (tertiary/aromatic N) is 5. The van der Waals surface area contributed by atoms with E-state index in [0.717, 1.165) is 42.7 Å². The Labute approximate surface area is 340 Å². The number of benzene rings is 2. The van der Waals surface area contributed by atoms with Crippen LogP contribution in [0, 0.1) is 11.6 Å². The van der Waals surface area contributed by atoms with Crippen molar-refractivity contribution in [2.45, 2.75) is 62.9 Å². The van der Waals surface area contributed by atoms with Crippen molar-refractivity contribution in [2.24, 2.45) is 0 Å². The molecule has 0 unspecified atom stereocenters. The molecule has 2 spiro atoms. The number of anilines is 2. The van der Waals surface area contributed by atoms with Crippen LogP contribution in [0.15, 0.2) is 73.1 Å². The van der Waals surface area contributed by atoms with Crippen molar-refractivity contribution in [3.8, 4) is 0 Å². The first-order chi connectivity index (χ1) is 26.2. The van der Waals surface area contributed by atoms with Crippen LogP contribution in [0.4, 0.5) is 25.0 Å². The predicted octanol–water partition coefficient (Wildman–Crippen LogP) is 3.94. The number of nitrogens with two attached hydrogens (primary N) is 1. The monoisotopic (exact) mass is 826 g/mol. The van der Waals surface area contributed by atoms with Gasteiger partial charge in [0.15, 0.2) is 0 Å². The van der Waals surface area contributed by atoms with Gasteiger partial charge in [0, 0.05) is 84.7 Å². The van der Waals surface area contributed by atoms with Crippen LogP contribution in [0.2, 0.25) is 10.3 Å². The van der Waals surface area contributed by atoms with Gasteiger partial charge < -0.3 is 37.2 Å². The lowest BCUT2D eigenvalue weighted by Crippen LogP contribution is -3.00. The fourth-order valence-electron chi connectivity index (χ4n) is 8.35. The number of piperidine rings is 2. The normalized spacial score (nSPS) is 17.7. The summed E-state index contributed by atoms with van der Waals surface area (Å²) < 4.78 is 33.5. The first kappa shape index (κ1) is 41.3. The van der Waals surface area contributed by atoms with E-state index in [4.69, 9.17) is 27.9 Å². The van der Waals surface area contributed by atoms with Gasteiger partial charge in [-0.15, -0.1) is 0 Å². The number of quaternary nitrogens is 1. The van der Waals surface area contributed by atoms with E-state index < -0.39 is 11.0 Å². The van der Waals surface area contributed by atoms with Crippen LogP contribution < -0.4 is 27.5 Å². The van der Waals surface area contributed by atoms with E-state index in [0.29, 0.717) is 61.0 Å². The third kappa shape index (κ3) is 8.34. The molecule has 6 heterocycles. The van der Waals surface area contributed by atoms with Gasteiger partial charge in [0.05, 0.1) is 13.1 Å². The van der Waals surface area contributed by atoms with Crippen molar-refractivity contribution in [3.63, 3.8) is 0 Å². The van der Waals surface area contributed by atoms with Crippen LogP contribution in [-0.2, 0) is 15.6 Å². The molecule has 2 fully saturated rings. The Morgan fingerprint density at radius 2 is 1.16 bits per heavy atom. The lowest BCUT2D eigenvalue weighted by atomic mass is 9.74. The minimum Gasteiger partial charge on any atom is -1.00 e. The summed E-state index contributed by atoms with van der Waals surface area (Å²) in [6.45, 7) is 9.48. The molecule has 296 valence electrons. The van der Waals surface area contributed by atoms with Crippen molar-refractivity contribution in [2.75, 3.05) is 49.1 Å². The summed E-state index contributed by atoms with van der Waals surface area (Å²) in [6, 6.07) is 15.7. The van der Waals surface area contributed by atoms with Crippen LogP contribution in [0.3, 0.4) is 0 Å². The zero-order valence-electron chi connectivity index (χ0n) is 31.3. The molecule has 10 nitrogen and oxygen atoms in total. The van der Waals surface area contributed by atoms with Crippen LogP contribution in [-0.4, -0.2) is 77.6 Å². The number of pyridine rings is 2. The molecule has 2 aromatic heterocycles. The van der Waals surface area contributed by atoms with E-state index in [-0.39, 0.29) is 52.5 Å². The first-order valence-electron chi connectivity index (χ1n) is 18.4. The molecule has 0 saturated carbocycles. The van der Waals surface area contributed by atoms with Crippen molar-refractivity contribution in [3.05, 3.63) is 117 Å². The van der Waals surface area contributed by atoms with Crippen LogP contribution >= 0.6 is 23.2 Å². The maximum atomic E-state index is 14.2. The first-order valence-corrected chi connectivity index (χ1v) is 19.2. The average molecular weight is 828 g/mol. The van der Waals surface area contributed by atoms with E-state index in [9.17, 15) is 23.2 Å². The molecular formula is C41H43Cl3F2N6O4. The van der Waals surface area contributed by atoms with Gasteiger partial charge in [-0.05, 0) is 105 Å². The van der Waals surface area contributed by atoms with Gasteiger partial charge in [-0.2, -0.15) is 0 Å². The topological polar surface area (TPSA) is 113 Å². The zero-order valence-corrected chi connectivity index (χ0v) is 33.6. The Bertz CT molecular complexity index is 2140. The van der Waals surface area contributed by atoms with Crippen LogP contribution in [0.1, 0.15) is 78.3 Å². The molecule has 2 aromatic carbocycles. The van der Waals surface area contributed by atoms with Crippen LogP contribution in [0.25, 0.3) is 0 Å². The maximum Gasteiger partial charge on any atom is 0.410 e. The Balaban J connectivity index is 0.000000192. The molecule has 0 atom stereocenters. The van der Waals surface area contributed by atoms with E-state index >= 15 is 0 Å². The standard InChI is InChI=1S/C23H25ClFN3O3.C18H17ClFN3O.ClH/c1-22(2,3)31-21(30)27-10-7-23(8-11-27)14-28(18-5-4-16(25)13-17(18)23)20(29)15-6-9-26-19(24)12-15;19-16-9-12(3-6-22-16)17(24)23-11-18(4-7-21-8-5-18)14-10-13(20)1-2-15(14)23;/h4-6,9,12-13H,7-8,10-11,14H2,1-3H3;1-3,6,9-10,21H,4-5,7-8,11H2;1H. The number of carbonyl (C=O) groups excluding carboxylic acids is 3. The highest BCUT2D eigenvalue weighted by Crippen LogP contribution is 2.48. The van der Waals surface area contributed by atoms with E-state index in [1.807, 2.05) is 20.8 Å². The van der Waals surface area contributed by atoms with Crippen LogP contribution in [0.5, 0.6) is 0 Å². The molecule has 0 bridgehead atoms. The van der Waals surface area contributed by atoms with E-state index in [1.165, 1.54) is 36.7 Å². The molecule has 15 heteroatoms. The molecule has 0 aliphatic carbocycles. The zero-order chi connectivity index (χ0) is 39.1. The molecule has 4 aliphatic rings. The van der Waals surface area contributed by atoms with Gasteiger partial charge in [0.1, 0.15) is 27.5 Å². The molecule has 4 aromatic rings. The second-order valence-electron chi connectivity index (χ2n) is 15.7. The maximum absolute atomic E-state index is 14.2. The molecule has 3 amide bonds. The van der Waals surface area contributed by atoms with E-state index in [1.54, 1.807) is 51.1 Å². The second-order valence-corrected chi connectivity index (χ2v) is 16.5. The number of hydrogen-bond acceptors (Lipinski definition) is 6. The molecule has 56 heavy (non-hydrogen) atoms. The molecule has 0 radical (unpaired) electrons. The van der Waals surface area contributed by atoms with Gasteiger partial charge in [-0.25, -0.2) is 23.5 Å². The molecule has 2 N–H and O–H groups in total. The number of aromatic nitrogens is 2. The van der Waals surface area contributed by atoms with Gasteiger partial charge in [-0.3, -0.25) is 9.59 Å². The number of rotatable bonds is 2. The summed E-state index contributed by atoms with van der Waals surface area (Å²) in [4.78, 5) is 51.7. The number of amides is 3. The highest BCUT2D eigenvalue weighted by Gasteiger charge is 2.48. The number of fused-ring (bicyclic) bond motifs is 4. The summed E-state index contributed by atoms with van der Waals surface area (Å²) >= 11 is 11.9. The minimum atomic E-state index is -0.565. The summed E-state index contributed by atoms with van der Waals surface area (Å²) in [5.74, 6) is -0.903. The van der Waals surface area contributed by atoms with Gasteiger partial charge in [0.2, 0.25) is 0 Å². The molecule has 2 saturated heterocycles. The quantitative estimate of drug-likeness (QED) is 0.307. The Morgan fingerprint density at radius 3 is 1.59 bits per heavy atom. The molecular weight excluding hydrogens is 785 g/mol. The van der Waals surface area contributed by atoms with Gasteiger partial charge in [-0.1, -0.05) is 23.2 Å². The summed E-state index contributed by atoms with van der Waals surface area (Å²) in [5, 5.41) is 2.81. The second kappa shape index (κ2) is 16.2. The number of likely N-dealkylation sites (tertiary alicyclic amines) is 1. The Morgan fingerprint density at radius 1 is 0.714 bits per heavy atom. The highest BCUT2D eigenvalue weighted by atomic mass is 35.5. The van der Waals surface area contributed by atoms with Crippen molar-refractivity contribution in [1.29, 1.82) is 0 Å². The van der Waals surface area contributed by atoms with E-state index in [2.05, 4.69) is 15.3 Å². The number of halogens is 5. The summed E-state index contributed by atoms with van der Waals surface area (Å²) in [5.41, 5.74) is 3.10. The minimum absolute atomic E-state index is 0. The van der Waals surface area contributed by atoms with Crippen molar-refractivity contribution in [1.82, 2.24) is 14.9 Å². The molecule has 4 aliphatic heterocycles. The Kier molecular flexibility index (Phi) is 12.0. The Hall–Kier alpha value is -4.36. The van der Waals surface area contributed by atoms with Gasteiger partial charge in [0.25, 0.3) is 11.8 Å². The summed E-state index contributed by atoms with van der Waals surface area (Å²) in [6.07, 6.45) is 5.80. The largest absolute Gasteiger partial charge is 1.00 e. The third-order valence-electron chi connectivity index (χ3n) is 11.0. The lowest BCUT2D eigenvalue weighted by molar-refractivity contribution is -0.665. The molecule has 8 rings (SSSR count). The summed E-state index contributed by atoms with van der Waals surface area (Å²) in [7, 11) is 0. The predicted molar refractivity (Wildman–Crippen MR) is 206 cm³/mol. The SMILES string of the molecule is CC(C)(C)OC(=O)N1CCC2(CC1)CN(C(=O)c1ccnc(Cl)c1)c1ccc(F)cc12.O=C(c1ccnc(Cl)c1)N1CC2(CC[NH2+]CC2)c2cc(F)ccc21.[Cl-].